The summed E-state index contributed by atoms with van der Waals surface area (Å²) >= 11 is 0.544. The maximum atomic E-state index is 17.6. The van der Waals surface area contributed by atoms with Crippen LogP contribution in [0.3, 0.4) is 0 Å². The van der Waals surface area contributed by atoms with E-state index in [1.807, 2.05) is 54.2 Å². The van der Waals surface area contributed by atoms with Crippen molar-refractivity contribution in [3.8, 4) is 0 Å². The highest BCUT2D eigenvalue weighted by molar-refractivity contribution is 8.13. The van der Waals surface area contributed by atoms with E-state index in [4.69, 9.17) is 15.2 Å². The molecule has 7 nitrogen and oxygen atoms in total. The van der Waals surface area contributed by atoms with Crippen molar-refractivity contribution in [2.75, 3.05) is 11.7 Å². The standard InChI is InChI=1S/C33H36F2N2O5S/c1-30-11-9-23(38)13-21(30)5-8-24-25-14-27-33(29(40)43-18-34,31(25,2)15-26(39)32(24,30)35)42-28(41-27)20-10-12-37(17-20)16-19-3-6-22(36)7-4-19/h3-4,6-7,9-13,17,24-28,39H,5,8,14-16,18,36H2,1-2H3/t24-,25-,26-,27+,28+,30-,31-,32-,33-/m0/s1. The minimum Gasteiger partial charge on any atom is -0.399 e. The average Bonchev–Trinajstić information content (AvgIpc) is 3.65. The SMILES string of the molecule is C[C@]12C=CC(=O)C=C1CC[C@H]1[C@@H]3C[C@H]4O[C@@H](c5ccn(Cc6ccc(N)cc6)c5)O[C@@]4(C(=O)SCF)[C@@]3(C)C[C@H](O)[C@@]12F. The van der Waals surface area contributed by atoms with Gasteiger partial charge in [-0.15, -0.1) is 0 Å². The fraction of sp³-hybridized carbons (Fsp3) is 0.515. The van der Waals surface area contributed by atoms with Gasteiger partial charge in [0.2, 0.25) is 5.12 Å². The molecule has 0 amide bonds. The summed E-state index contributed by atoms with van der Waals surface area (Å²) in [6.45, 7) is 4.23. The van der Waals surface area contributed by atoms with Crippen LogP contribution in [-0.4, -0.2) is 50.1 Å². The van der Waals surface area contributed by atoms with E-state index >= 15 is 4.39 Å². The molecule has 2 aromatic rings. The first kappa shape index (κ1) is 29.0. The molecule has 0 radical (unpaired) electrons. The molecular formula is C33H36F2N2O5S. The van der Waals surface area contributed by atoms with Crippen molar-refractivity contribution in [3.63, 3.8) is 0 Å². The first-order chi connectivity index (χ1) is 20.5. The summed E-state index contributed by atoms with van der Waals surface area (Å²) in [6.07, 6.45) is 6.47. The lowest BCUT2D eigenvalue weighted by molar-refractivity contribution is -0.228. The molecule has 10 heteroatoms. The number of aliphatic hydroxyl groups excluding tert-OH is 1. The Bertz CT molecular complexity index is 1540. The molecule has 4 fully saturated rings. The number of benzene rings is 1. The lowest BCUT2D eigenvalue weighted by atomic mass is 9.45. The summed E-state index contributed by atoms with van der Waals surface area (Å²) in [5.41, 5.74) is 3.20. The normalized spacial score (nSPS) is 41.3. The molecule has 0 spiro atoms. The number of carbonyl (C=O) groups is 2. The Labute approximate surface area is 253 Å². The predicted molar refractivity (Wildman–Crippen MR) is 158 cm³/mol. The molecule has 1 saturated heterocycles. The zero-order chi connectivity index (χ0) is 30.4. The third-order valence-electron chi connectivity index (χ3n) is 11.3. The Morgan fingerprint density at radius 1 is 1.21 bits per heavy atom. The van der Waals surface area contributed by atoms with Crippen LogP contribution < -0.4 is 5.73 Å². The molecule has 228 valence electrons. The second-order valence-electron chi connectivity index (χ2n) is 13.2. The van der Waals surface area contributed by atoms with Crippen LogP contribution in [0, 0.1) is 22.7 Å². The molecule has 7 rings (SSSR count). The molecule has 1 aliphatic heterocycles. The fourth-order valence-electron chi connectivity index (χ4n) is 9.14. The van der Waals surface area contributed by atoms with Gasteiger partial charge in [-0.3, -0.25) is 9.59 Å². The van der Waals surface area contributed by atoms with Crippen molar-refractivity contribution in [2.45, 2.75) is 75.8 Å². The summed E-state index contributed by atoms with van der Waals surface area (Å²) in [6, 6.07) is 8.54. The number of alkyl halides is 2. The van der Waals surface area contributed by atoms with E-state index in [0.717, 1.165) is 11.1 Å². The van der Waals surface area contributed by atoms with E-state index < -0.39 is 57.6 Å². The molecular weight excluding hydrogens is 574 g/mol. The van der Waals surface area contributed by atoms with E-state index in [0.29, 0.717) is 48.8 Å². The lowest BCUT2D eigenvalue weighted by Crippen LogP contribution is -2.69. The van der Waals surface area contributed by atoms with Crippen LogP contribution in [0.2, 0.25) is 0 Å². The zero-order valence-electron chi connectivity index (χ0n) is 24.2. The van der Waals surface area contributed by atoms with Crippen LogP contribution in [0.25, 0.3) is 0 Å². The predicted octanol–water partition coefficient (Wildman–Crippen LogP) is 5.44. The van der Waals surface area contributed by atoms with E-state index in [9.17, 15) is 19.1 Å². The smallest absolute Gasteiger partial charge is 0.226 e. The number of aliphatic hydroxyl groups is 1. The minimum atomic E-state index is -2.05. The second-order valence-corrected chi connectivity index (χ2v) is 14.1. The number of nitrogens with zero attached hydrogens (tertiary/aromatic N) is 1. The molecule has 2 heterocycles. The third-order valence-corrected chi connectivity index (χ3v) is 11.9. The summed E-state index contributed by atoms with van der Waals surface area (Å²) in [5, 5.41) is 11.2. The number of hydrogen-bond donors (Lipinski definition) is 2. The number of ketones is 1. The largest absolute Gasteiger partial charge is 0.399 e. The number of thioether (sulfide) groups is 1. The van der Waals surface area contributed by atoms with Crippen LogP contribution in [0.15, 0.2) is 66.5 Å². The Kier molecular flexibility index (Phi) is 6.64. The molecule has 1 aromatic heterocycles. The van der Waals surface area contributed by atoms with Crippen molar-refractivity contribution < 1.29 is 33.0 Å². The number of fused-ring (bicyclic) bond motifs is 7. The number of carbonyl (C=O) groups excluding carboxylic acids is 2. The van der Waals surface area contributed by atoms with Crippen molar-refractivity contribution in [2.24, 2.45) is 22.7 Å². The number of allylic oxidation sites excluding steroid dienone is 4. The van der Waals surface area contributed by atoms with E-state index in [1.165, 1.54) is 12.2 Å². The van der Waals surface area contributed by atoms with Crippen molar-refractivity contribution in [1.82, 2.24) is 4.57 Å². The molecule has 3 saturated carbocycles. The first-order valence-corrected chi connectivity index (χ1v) is 15.8. The second kappa shape index (κ2) is 9.86. The molecule has 3 N–H and O–H groups in total. The number of aromatic nitrogens is 1. The summed E-state index contributed by atoms with van der Waals surface area (Å²) in [5.74, 6) is -1.16. The van der Waals surface area contributed by atoms with Crippen molar-refractivity contribution >= 4 is 28.3 Å². The molecule has 5 aliphatic rings. The first-order valence-electron chi connectivity index (χ1n) is 14.8. The number of nitrogen functional groups attached to an aromatic ring is 1. The quantitative estimate of drug-likeness (QED) is 0.435. The maximum Gasteiger partial charge on any atom is 0.226 e. The number of nitrogens with two attached hydrogens (primary N) is 1. The maximum absolute atomic E-state index is 17.6. The highest BCUT2D eigenvalue weighted by atomic mass is 32.2. The molecule has 0 unspecified atom stereocenters. The van der Waals surface area contributed by atoms with Crippen molar-refractivity contribution in [3.05, 3.63) is 77.7 Å². The van der Waals surface area contributed by atoms with Gasteiger partial charge in [0.05, 0.1) is 12.2 Å². The Morgan fingerprint density at radius 3 is 2.72 bits per heavy atom. The monoisotopic (exact) mass is 610 g/mol. The summed E-state index contributed by atoms with van der Waals surface area (Å²) < 4.78 is 46.4. The highest BCUT2D eigenvalue weighted by Gasteiger charge is 2.79. The number of ether oxygens (including phenoxy) is 2. The fourth-order valence-corrected chi connectivity index (χ4v) is 9.87. The Hall–Kier alpha value is -2.79. The van der Waals surface area contributed by atoms with Crippen LogP contribution in [-0.2, 0) is 25.6 Å². The van der Waals surface area contributed by atoms with Gasteiger partial charge in [0.1, 0.15) is 6.01 Å². The van der Waals surface area contributed by atoms with Crippen LogP contribution in [0.5, 0.6) is 0 Å². The average molecular weight is 611 g/mol. The van der Waals surface area contributed by atoms with Crippen LogP contribution in [0.4, 0.5) is 14.5 Å². The van der Waals surface area contributed by atoms with Gasteiger partial charge < -0.3 is 24.9 Å². The van der Waals surface area contributed by atoms with Crippen LogP contribution >= 0.6 is 11.8 Å². The van der Waals surface area contributed by atoms with Crippen molar-refractivity contribution in [1.29, 1.82) is 0 Å². The number of halogens is 2. The van der Waals surface area contributed by atoms with Gasteiger partial charge in [-0.1, -0.05) is 42.5 Å². The Balaban J connectivity index is 1.22. The van der Waals surface area contributed by atoms with E-state index in [1.54, 1.807) is 13.0 Å². The van der Waals surface area contributed by atoms with Gasteiger partial charge >= 0.3 is 0 Å². The lowest BCUT2D eigenvalue weighted by Gasteiger charge is -2.62. The highest BCUT2D eigenvalue weighted by Crippen LogP contribution is 2.72. The molecule has 43 heavy (non-hydrogen) atoms. The topological polar surface area (TPSA) is 104 Å². The number of anilines is 1. The third kappa shape index (κ3) is 3.89. The van der Waals surface area contributed by atoms with Crippen LogP contribution in [0.1, 0.15) is 56.9 Å². The van der Waals surface area contributed by atoms with Gasteiger partial charge in [-0.2, -0.15) is 0 Å². The van der Waals surface area contributed by atoms with Gasteiger partial charge in [0.15, 0.2) is 23.3 Å². The van der Waals surface area contributed by atoms with Gasteiger partial charge in [-0.05, 0) is 74.4 Å². The minimum absolute atomic E-state index is 0.0569. The number of hydrogen-bond acceptors (Lipinski definition) is 7. The van der Waals surface area contributed by atoms with E-state index in [-0.39, 0.29) is 18.1 Å². The Morgan fingerprint density at radius 2 is 1.98 bits per heavy atom. The van der Waals surface area contributed by atoms with Gasteiger partial charge in [0.25, 0.3) is 0 Å². The zero-order valence-corrected chi connectivity index (χ0v) is 25.0. The van der Waals surface area contributed by atoms with Gasteiger partial charge in [-0.25, -0.2) is 8.78 Å². The molecule has 4 aliphatic carbocycles. The summed E-state index contributed by atoms with van der Waals surface area (Å²) in [4.78, 5) is 26.0. The number of rotatable bonds is 5. The molecule has 1 aromatic carbocycles. The van der Waals surface area contributed by atoms with Gasteiger partial charge in [0, 0.05) is 46.9 Å². The van der Waals surface area contributed by atoms with E-state index in [2.05, 4.69) is 0 Å². The molecule has 9 atom stereocenters. The summed E-state index contributed by atoms with van der Waals surface area (Å²) in [7, 11) is 0. The molecule has 0 bridgehead atoms.